The molecule has 0 bridgehead atoms. The van der Waals surface area contributed by atoms with Crippen molar-refractivity contribution in [3.05, 3.63) is 70.3 Å². The second-order valence-electron chi connectivity index (χ2n) is 5.87. The highest BCUT2D eigenvalue weighted by Crippen LogP contribution is 2.36. The summed E-state index contributed by atoms with van der Waals surface area (Å²) in [6, 6.07) is 16.7. The Morgan fingerprint density at radius 2 is 1.77 bits per heavy atom. The summed E-state index contributed by atoms with van der Waals surface area (Å²) in [7, 11) is 0. The van der Waals surface area contributed by atoms with Gasteiger partial charge in [0.2, 0.25) is 5.91 Å². The summed E-state index contributed by atoms with van der Waals surface area (Å²) in [5.41, 5.74) is 3.09. The molecule has 0 radical (unpaired) electrons. The fraction of sp³-hybridized carbons (Fsp3) is 0.150. The molecule has 0 unspecified atom stereocenters. The Morgan fingerprint density at radius 3 is 2.38 bits per heavy atom. The number of thioether (sulfide) groups is 1. The van der Waals surface area contributed by atoms with Crippen LogP contribution in [-0.4, -0.2) is 17.6 Å². The van der Waals surface area contributed by atoms with Gasteiger partial charge in [-0.25, -0.2) is 0 Å². The van der Waals surface area contributed by atoms with E-state index < -0.39 is 5.91 Å². The van der Waals surface area contributed by atoms with E-state index in [4.69, 9.17) is 0 Å². The molecule has 26 heavy (non-hydrogen) atoms. The molecule has 2 aromatic rings. The standard InChI is InChI=1S/C20H17N3O2S/c1-13-7-6-8-14(2)18(13)22-19(25)16(11-21)20-23(17(24)12-26-20)15-9-4-3-5-10-15/h3-10H,12H2,1-2H3,(H,22,25)/b20-16-. The minimum absolute atomic E-state index is 0.0626. The van der Waals surface area contributed by atoms with Gasteiger partial charge in [0, 0.05) is 11.4 Å². The molecule has 1 saturated heterocycles. The Morgan fingerprint density at radius 1 is 1.12 bits per heavy atom. The van der Waals surface area contributed by atoms with E-state index in [9.17, 15) is 14.9 Å². The predicted octanol–water partition coefficient (Wildman–Crippen LogP) is 3.76. The van der Waals surface area contributed by atoms with Gasteiger partial charge in [-0.1, -0.05) is 48.2 Å². The second kappa shape index (κ2) is 7.46. The Labute approximate surface area is 156 Å². The molecule has 130 valence electrons. The van der Waals surface area contributed by atoms with Crippen LogP contribution in [0.1, 0.15) is 11.1 Å². The number of para-hydroxylation sites is 2. The maximum absolute atomic E-state index is 12.8. The number of nitrogens with zero attached hydrogens (tertiary/aromatic N) is 2. The molecule has 3 rings (SSSR count). The van der Waals surface area contributed by atoms with Crippen LogP contribution in [0.25, 0.3) is 0 Å². The van der Waals surface area contributed by atoms with E-state index in [1.165, 1.54) is 16.7 Å². The zero-order valence-corrected chi connectivity index (χ0v) is 15.3. The van der Waals surface area contributed by atoms with Crippen LogP contribution in [0.15, 0.2) is 59.1 Å². The summed E-state index contributed by atoms with van der Waals surface area (Å²) >= 11 is 1.21. The van der Waals surface area contributed by atoms with Crippen molar-refractivity contribution in [1.82, 2.24) is 0 Å². The van der Waals surface area contributed by atoms with Gasteiger partial charge in [-0.05, 0) is 37.1 Å². The number of benzene rings is 2. The first-order valence-corrected chi connectivity index (χ1v) is 9.04. The van der Waals surface area contributed by atoms with Crippen LogP contribution in [0.5, 0.6) is 0 Å². The van der Waals surface area contributed by atoms with Crippen molar-refractivity contribution in [2.45, 2.75) is 13.8 Å². The summed E-state index contributed by atoms with van der Waals surface area (Å²) in [6.45, 7) is 3.79. The Bertz CT molecular complexity index is 925. The van der Waals surface area contributed by atoms with Gasteiger partial charge in [-0.2, -0.15) is 5.26 Å². The summed E-state index contributed by atoms with van der Waals surface area (Å²) in [6.07, 6.45) is 0. The van der Waals surface area contributed by atoms with Gasteiger partial charge >= 0.3 is 0 Å². The zero-order chi connectivity index (χ0) is 18.7. The van der Waals surface area contributed by atoms with E-state index >= 15 is 0 Å². The highest BCUT2D eigenvalue weighted by molar-refractivity contribution is 8.04. The van der Waals surface area contributed by atoms with Crippen molar-refractivity contribution >= 4 is 35.0 Å². The van der Waals surface area contributed by atoms with Crippen molar-refractivity contribution in [3.63, 3.8) is 0 Å². The number of nitriles is 1. The monoisotopic (exact) mass is 363 g/mol. The van der Waals surface area contributed by atoms with Gasteiger partial charge in [0.25, 0.3) is 5.91 Å². The number of carbonyl (C=O) groups is 2. The summed E-state index contributed by atoms with van der Waals surface area (Å²) in [5, 5.41) is 12.8. The van der Waals surface area contributed by atoms with Crippen molar-refractivity contribution in [2.24, 2.45) is 0 Å². The molecule has 0 aromatic heterocycles. The molecule has 0 aliphatic carbocycles. The summed E-state index contributed by atoms with van der Waals surface area (Å²) in [4.78, 5) is 26.5. The van der Waals surface area contributed by atoms with Gasteiger partial charge in [-0.3, -0.25) is 14.5 Å². The van der Waals surface area contributed by atoms with Crippen LogP contribution in [-0.2, 0) is 9.59 Å². The molecule has 5 nitrogen and oxygen atoms in total. The number of anilines is 2. The van der Waals surface area contributed by atoms with Crippen LogP contribution < -0.4 is 10.2 Å². The molecular formula is C20H17N3O2S. The first-order chi connectivity index (χ1) is 12.5. The summed E-state index contributed by atoms with van der Waals surface area (Å²) in [5.74, 6) is -0.460. The lowest BCUT2D eigenvalue weighted by molar-refractivity contribution is -0.115. The van der Waals surface area contributed by atoms with Crippen LogP contribution in [0.4, 0.5) is 11.4 Å². The number of aryl methyl sites for hydroxylation is 2. The van der Waals surface area contributed by atoms with E-state index in [-0.39, 0.29) is 17.2 Å². The number of nitrogens with one attached hydrogen (secondary N) is 1. The van der Waals surface area contributed by atoms with E-state index in [0.29, 0.717) is 16.4 Å². The highest BCUT2D eigenvalue weighted by Gasteiger charge is 2.33. The molecule has 2 amide bonds. The Kier molecular flexibility index (Phi) is 5.10. The van der Waals surface area contributed by atoms with Crippen molar-refractivity contribution < 1.29 is 9.59 Å². The smallest absolute Gasteiger partial charge is 0.269 e. The Hall–Kier alpha value is -3.04. The molecule has 0 atom stereocenters. The number of hydrogen-bond acceptors (Lipinski definition) is 4. The van der Waals surface area contributed by atoms with E-state index in [1.807, 2.05) is 56.3 Å². The number of carbonyl (C=O) groups excluding carboxylic acids is 2. The average Bonchev–Trinajstić information content (AvgIpc) is 3.01. The minimum Gasteiger partial charge on any atom is -0.321 e. The molecule has 2 aromatic carbocycles. The molecule has 1 aliphatic heterocycles. The van der Waals surface area contributed by atoms with Crippen molar-refractivity contribution in [2.75, 3.05) is 16.0 Å². The third-order valence-corrected chi connectivity index (χ3v) is 5.12. The average molecular weight is 363 g/mol. The number of hydrogen-bond donors (Lipinski definition) is 1. The van der Waals surface area contributed by atoms with Gasteiger partial charge in [0.15, 0.2) is 0 Å². The molecule has 0 spiro atoms. The molecule has 1 N–H and O–H groups in total. The Balaban J connectivity index is 2.00. The van der Waals surface area contributed by atoms with Crippen LogP contribution in [0.2, 0.25) is 0 Å². The minimum atomic E-state index is -0.511. The predicted molar refractivity (Wildman–Crippen MR) is 104 cm³/mol. The molecule has 6 heteroatoms. The number of amides is 2. The molecule has 1 aliphatic rings. The third-order valence-electron chi connectivity index (χ3n) is 4.07. The van der Waals surface area contributed by atoms with Gasteiger partial charge in [-0.15, -0.1) is 0 Å². The zero-order valence-electron chi connectivity index (χ0n) is 14.4. The third kappa shape index (κ3) is 3.35. The lowest BCUT2D eigenvalue weighted by Crippen LogP contribution is -2.27. The van der Waals surface area contributed by atoms with Gasteiger partial charge in [0.05, 0.1) is 5.75 Å². The second-order valence-corrected chi connectivity index (χ2v) is 6.83. The fourth-order valence-corrected chi connectivity index (χ4v) is 3.79. The maximum Gasteiger partial charge on any atom is 0.269 e. The fourth-order valence-electron chi connectivity index (χ4n) is 2.78. The van der Waals surface area contributed by atoms with Crippen molar-refractivity contribution in [3.8, 4) is 6.07 Å². The van der Waals surface area contributed by atoms with Gasteiger partial charge < -0.3 is 5.32 Å². The lowest BCUT2D eigenvalue weighted by atomic mass is 10.1. The number of rotatable bonds is 3. The molecule has 1 fully saturated rings. The largest absolute Gasteiger partial charge is 0.321 e. The molecule has 1 heterocycles. The SMILES string of the molecule is Cc1cccc(C)c1NC(=O)/C(C#N)=C1\SCC(=O)N1c1ccccc1. The summed E-state index contributed by atoms with van der Waals surface area (Å²) < 4.78 is 0. The highest BCUT2D eigenvalue weighted by atomic mass is 32.2. The van der Waals surface area contributed by atoms with Crippen LogP contribution in [0.3, 0.4) is 0 Å². The maximum atomic E-state index is 12.8. The topological polar surface area (TPSA) is 73.2 Å². The van der Waals surface area contributed by atoms with E-state index in [1.54, 1.807) is 12.1 Å². The normalized spacial score (nSPS) is 15.6. The molecular weight excluding hydrogens is 346 g/mol. The first kappa shape index (κ1) is 17.8. The van der Waals surface area contributed by atoms with Gasteiger partial charge in [0.1, 0.15) is 16.7 Å². The van der Waals surface area contributed by atoms with Crippen LogP contribution >= 0.6 is 11.8 Å². The van der Waals surface area contributed by atoms with Crippen molar-refractivity contribution in [1.29, 1.82) is 5.26 Å². The molecule has 0 saturated carbocycles. The van der Waals surface area contributed by atoms with E-state index in [2.05, 4.69) is 5.32 Å². The lowest BCUT2D eigenvalue weighted by Gasteiger charge is -2.18. The first-order valence-electron chi connectivity index (χ1n) is 8.05. The van der Waals surface area contributed by atoms with Crippen LogP contribution in [0, 0.1) is 25.2 Å². The quantitative estimate of drug-likeness (QED) is 0.666. The van der Waals surface area contributed by atoms with E-state index in [0.717, 1.165) is 11.1 Å².